The fraction of sp³-hybridized carbons (Fsp3) is 0.882. The molecule has 0 atom stereocenters. The zero-order valence-electron chi connectivity index (χ0n) is 15.0. The van der Waals surface area contributed by atoms with Gasteiger partial charge in [0.05, 0.1) is 13.2 Å². The highest BCUT2D eigenvalue weighted by Crippen LogP contribution is 2.35. The zero-order valence-corrected chi connectivity index (χ0v) is 15.8. The summed E-state index contributed by atoms with van der Waals surface area (Å²) in [5.74, 6) is 4.86. The van der Waals surface area contributed by atoms with Crippen molar-refractivity contribution in [2.45, 2.75) is 50.7 Å². The van der Waals surface area contributed by atoms with Crippen LogP contribution in [0.2, 0.25) is 0 Å². The third-order valence-electron chi connectivity index (χ3n) is 5.39. The lowest BCUT2D eigenvalue weighted by Crippen LogP contribution is -2.37. The standard InChI is InChI=1S/C17H31N5OS/c1-23-8-7-22-16(19-20-17(22)14-9-15(18)10-14)11-21-5-3-13(4-6-21)12-24-2/h13-15H,3-12,18H2,1-2H3. The van der Waals surface area contributed by atoms with Crippen molar-refractivity contribution in [2.24, 2.45) is 11.7 Å². The van der Waals surface area contributed by atoms with Crippen molar-refractivity contribution in [2.75, 3.05) is 38.8 Å². The van der Waals surface area contributed by atoms with Crippen LogP contribution in [0.1, 0.15) is 43.3 Å². The Balaban J connectivity index is 1.62. The van der Waals surface area contributed by atoms with Gasteiger partial charge < -0.3 is 15.0 Å². The van der Waals surface area contributed by atoms with Crippen LogP contribution in [0.25, 0.3) is 0 Å². The van der Waals surface area contributed by atoms with Crippen LogP contribution < -0.4 is 5.73 Å². The molecule has 2 heterocycles. The summed E-state index contributed by atoms with van der Waals surface area (Å²) in [6.07, 6.45) is 6.88. The quantitative estimate of drug-likeness (QED) is 0.767. The maximum Gasteiger partial charge on any atom is 0.147 e. The second-order valence-electron chi connectivity index (χ2n) is 7.22. The molecule has 0 bridgehead atoms. The molecular weight excluding hydrogens is 322 g/mol. The number of methoxy groups -OCH3 is 1. The van der Waals surface area contributed by atoms with E-state index in [-0.39, 0.29) is 0 Å². The van der Waals surface area contributed by atoms with E-state index in [0.717, 1.165) is 43.5 Å². The number of ether oxygens (including phenoxy) is 1. The van der Waals surface area contributed by atoms with Gasteiger partial charge in [-0.1, -0.05) is 0 Å². The zero-order chi connectivity index (χ0) is 16.9. The SMILES string of the molecule is COCCn1c(CN2CCC(CSC)CC2)nnc1C1CC(N)C1. The lowest BCUT2D eigenvalue weighted by molar-refractivity contribution is 0.169. The van der Waals surface area contributed by atoms with Crippen LogP contribution >= 0.6 is 11.8 Å². The molecule has 0 radical (unpaired) electrons. The predicted octanol–water partition coefficient (Wildman–Crippen LogP) is 1.70. The Hall–Kier alpha value is -0.630. The topological polar surface area (TPSA) is 69.2 Å². The van der Waals surface area contributed by atoms with Crippen LogP contribution in [0.3, 0.4) is 0 Å². The van der Waals surface area contributed by atoms with Gasteiger partial charge in [-0.25, -0.2) is 0 Å². The van der Waals surface area contributed by atoms with Gasteiger partial charge in [-0.15, -0.1) is 10.2 Å². The molecule has 0 spiro atoms. The molecule has 6 nitrogen and oxygen atoms in total. The minimum Gasteiger partial charge on any atom is -0.383 e. The fourth-order valence-electron chi connectivity index (χ4n) is 3.81. The summed E-state index contributed by atoms with van der Waals surface area (Å²) in [6, 6.07) is 0.335. The number of aromatic nitrogens is 3. The monoisotopic (exact) mass is 353 g/mol. The Morgan fingerprint density at radius 3 is 2.62 bits per heavy atom. The number of hydrogen-bond acceptors (Lipinski definition) is 6. The Bertz CT molecular complexity index is 509. The molecule has 7 heteroatoms. The van der Waals surface area contributed by atoms with Gasteiger partial charge >= 0.3 is 0 Å². The third kappa shape index (κ3) is 4.31. The van der Waals surface area contributed by atoms with Crippen LogP contribution in [0.4, 0.5) is 0 Å². The van der Waals surface area contributed by atoms with E-state index < -0.39 is 0 Å². The molecule has 0 unspecified atom stereocenters. The number of thioether (sulfide) groups is 1. The van der Waals surface area contributed by atoms with Crippen molar-refractivity contribution in [1.29, 1.82) is 0 Å². The summed E-state index contributed by atoms with van der Waals surface area (Å²) in [5, 5.41) is 9.02. The summed E-state index contributed by atoms with van der Waals surface area (Å²) >= 11 is 1.97. The van der Waals surface area contributed by atoms with E-state index in [2.05, 4.69) is 25.9 Å². The summed E-state index contributed by atoms with van der Waals surface area (Å²) in [5.41, 5.74) is 5.96. The lowest BCUT2D eigenvalue weighted by atomic mass is 9.80. The van der Waals surface area contributed by atoms with Crippen LogP contribution in [0.5, 0.6) is 0 Å². The molecule has 2 aliphatic rings. The Kier molecular flexibility index (Phi) is 6.55. The number of rotatable bonds is 8. The minimum atomic E-state index is 0.335. The first kappa shape index (κ1) is 18.2. The van der Waals surface area contributed by atoms with Gasteiger partial charge in [-0.2, -0.15) is 11.8 Å². The van der Waals surface area contributed by atoms with Gasteiger partial charge in [-0.3, -0.25) is 4.90 Å². The van der Waals surface area contributed by atoms with Gasteiger partial charge in [0.2, 0.25) is 0 Å². The van der Waals surface area contributed by atoms with E-state index >= 15 is 0 Å². The molecule has 3 rings (SSSR count). The van der Waals surface area contributed by atoms with Crippen molar-refractivity contribution in [3.8, 4) is 0 Å². The van der Waals surface area contributed by atoms with Gasteiger partial charge in [0.25, 0.3) is 0 Å². The lowest BCUT2D eigenvalue weighted by Gasteiger charge is -2.33. The molecular formula is C17H31N5OS. The number of hydrogen-bond donors (Lipinski definition) is 1. The van der Waals surface area contributed by atoms with Crippen molar-refractivity contribution in [1.82, 2.24) is 19.7 Å². The van der Waals surface area contributed by atoms with E-state index in [4.69, 9.17) is 10.5 Å². The molecule has 2 N–H and O–H groups in total. The fourth-order valence-corrected chi connectivity index (χ4v) is 4.62. The van der Waals surface area contributed by atoms with Gasteiger partial charge in [-0.05, 0) is 56.7 Å². The highest BCUT2D eigenvalue weighted by Gasteiger charge is 2.32. The average Bonchev–Trinajstić information content (AvgIpc) is 2.94. The molecule has 2 fully saturated rings. The molecule has 136 valence electrons. The van der Waals surface area contributed by atoms with Crippen molar-refractivity contribution in [3.63, 3.8) is 0 Å². The van der Waals surface area contributed by atoms with Crippen LogP contribution in [0.15, 0.2) is 0 Å². The Morgan fingerprint density at radius 1 is 1.25 bits per heavy atom. The van der Waals surface area contributed by atoms with E-state index in [0.29, 0.717) is 18.6 Å². The molecule has 0 aromatic carbocycles. The first-order valence-corrected chi connectivity index (χ1v) is 10.5. The maximum atomic E-state index is 5.96. The van der Waals surface area contributed by atoms with E-state index in [1.807, 2.05) is 11.8 Å². The largest absolute Gasteiger partial charge is 0.383 e. The number of nitrogens with zero attached hydrogens (tertiary/aromatic N) is 4. The number of nitrogens with two attached hydrogens (primary N) is 1. The maximum absolute atomic E-state index is 5.96. The molecule has 1 saturated heterocycles. The normalized spacial score (nSPS) is 25.8. The number of likely N-dealkylation sites (tertiary alicyclic amines) is 1. The number of piperidine rings is 1. The van der Waals surface area contributed by atoms with E-state index in [1.165, 1.54) is 31.7 Å². The summed E-state index contributed by atoms with van der Waals surface area (Å²) in [4.78, 5) is 2.53. The molecule has 1 aliphatic heterocycles. The molecule has 24 heavy (non-hydrogen) atoms. The average molecular weight is 354 g/mol. The summed E-state index contributed by atoms with van der Waals surface area (Å²) in [6.45, 7) is 4.79. The van der Waals surface area contributed by atoms with Crippen LogP contribution in [-0.2, 0) is 17.8 Å². The summed E-state index contributed by atoms with van der Waals surface area (Å²) in [7, 11) is 1.75. The smallest absolute Gasteiger partial charge is 0.147 e. The van der Waals surface area contributed by atoms with Crippen molar-refractivity contribution < 1.29 is 4.74 Å². The predicted molar refractivity (Wildman–Crippen MR) is 98.2 cm³/mol. The summed E-state index contributed by atoms with van der Waals surface area (Å²) < 4.78 is 7.58. The van der Waals surface area contributed by atoms with Gasteiger partial charge in [0.15, 0.2) is 0 Å². The van der Waals surface area contributed by atoms with E-state index in [1.54, 1.807) is 7.11 Å². The molecule has 1 aliphatic carbocycles. The Labute approximate surface area is 149 Å². The molecule has 1 saturated carbocycles. The molecule has 1 aromatic rings. The second kappa shape index (κ2) is 8.65. The first-order valence-electron chi connectivity index (χ1n) is 9.09. The molecule has 1 aromatic heterocycles. The van der Waals surface area contributed by atoms with Crippen molar-refractivity contribution in [3.05, 3.63) is 11.6 Å². The van der Waals surface area contributed by atoms with Gasteiger partial charge in [0, 0.05) is 25.6 Å². The van der Waals surface area contributed by atoms with Gasteiger partial charge in [0.1, 0.15) is 11.6 Å². The van der Waals surface area contributed by atoms with E-state index in [9.17, 15) is 0 Å². The van der Waals surface area contributed by atoms with Crippen LogP contribution in [-0.4, -0.2) is 64.5 Å². The third-order valence-corrected chi connectivity index (χ3v) is 6.19. The van der Waals surface area contributed by atoms with Crippen molar-refractivity contribution >= 4 is 11.8 Å². The van der Waals surface area contributed by atoms with Crippen LogP contribution in [0, 0.1) is 5.92 Å². The highest BCUT2D eigenvalue weighted by atomic mass is 32.2. The minimum absolute atomic E-state index is 0.335. The molecule has 0 amide bonds. The second-order valence-corrected chi connectivity index (χ2v) is 8.13. The first-order chi connectivity index (χ1) is 11.7. The Morgan fingerprint density at radius 2 is 2.00 bits per heavy atom. The highest BCUT2D eigenvalue weighted by molar-refractivity contribution is 7.98.